The third-order valence-electron chi connectivity index (χ3n) is 4.30. The molecule has 0 spiro atoms. The van der Waals surface area contributed by atoms with Gasteiger partial charge in [0, 0.05) is 31.1 Å². The van der Waals surface area contributed by atoms with Gasteiger partial charge in [-0.25, -0.2) is 13.1 Å². The third kappa shape index (κ3) is 8.55. The second-order valence-corrected chi connectivity index (χ2v) is 10.3. The molecule has 0 aliphatic carbocycles. The van der Waals surface area contributed by atoms with Crippen LogP contribution < -0.4 is 15.4 Å². The van der Waals surface area contributed by atoms with Crippen LogP contribution in [0.4, 0.5) is 0 Å². The Labute approximate surface area is 178 Å². The summed E-state index contributed by atoms with van der Waals surface area (Å²) in [6.45, 7) is 7.17. The van der Waals surface area contributed by atoms with Gasteiger partial charge in [0.2, 0.25) is 10.0 Å². The number of sulfonamides is 1. The second-order valence-electron chi connectivity index (χ2n) is 7.50. The Morgan fingerprint density at radius 1 is 1.07 bits per heavy atom. The van der Waals surface area contributed by atoms with Crippen LogP contribution in [0.5, 0.6) is 0 Å². The number of nitrogens with zero attached hydrogens (tertiary/aromatic N) is 1. The van der Waals surface area contributed by atoms with Gasteiger partial charge < -0.3 is 10.6 Å². The number of thiophene rings is 1. The molecule has 0 bridgehead atoms. The van der Waals surface area contributed by atoms with Crippen molar-refractivity contribution in [3.63, 3.8) is 0 Å². The van der Waals surface area contributed by atoms with Crippen LogP contribution in [0.15, 0.2) is 46.8 Å². The van der Waals surface area contributed by atoms with Gasteiger partial charge in [0.1, 0.15) is 0 Å². The Bertz CT molecular complexity index is 878. The quantitative estimate of drug-likeness (QED) is 0.395. The highest BCUT2D eigenvalue weighted by Gasteiger charge is 2.15. The monoisotopic (exact) mass is 436 g/mol. The summed E-state index contributed by atoms with van der Waals surface area (Å²) in [5.41, 5.74) is 1.73. The molecule has 1 unspecified atom stereocenters. The van der Waals surface area contributed by atoms with Gasteiger partial charge in [-0.05, 0) is 48.8 Å². The lowest BCUT2D eigenvalue weighted by molar-refractivity contribution is 0.561. The summed E-state index contributed by atoms with van der Waals surface area (Å²) in [6.07, 6.45) is 1.03. The number of rotatable bonds is 10. The highest BCUT2D eigenvalue weighted by Crippen LogP contribution is 2.14. The van der Waals surface area contributed by atoms with Crippen LogP contribution >= 0.6 is 11.3 Å². The molecule has 0 amide bonds. The van der Waals surface area contributed by atoms with Crippen LogP contribution in [-0.2, 0) is 28.7 Å². The number of hydrogen-bond acceptors (Lipinski definition) is 4. The van der Waals surface area contributed by atoms with E-state index in [1.807, 2.05) is 38.1 Å². The van der Waals surface area contributed by atoms with Crippen LogP contribution in [-0.4, -0.2) is 34.0 Å². The molecule has 0 aliphatic rings. The molecule has 2 aromatic rings. The van der Waals surface area contributed by atoms with Crippen molar-refractivity contribution < 1.29 is 8.42 Å². The molecular formula is C21H32N4O2S2. The van der Waals surface area contributed by atoms with Gasteiger partial charge in [-0.1, -0.05) is 37.3 Å². The van der Waals surface area contributed by atoms with E-state index in [1.54, 1.807) is 18.4 Å². The fourth-order valence-corrected chi connectivity index (χ4v) is 5.35. The second kappa shape index (κ2) is 11.3. The number of nitrogens with one attached hydrogen (secondary N) is 3. The fraction of sp³-hybridized carbons (Fsp3) is 0.476. The molecule has 0 radical (unpaired) electrons. The Balaban J connectivity index is 1.90. The molecule has 29 heavy (non-hydrogen) atoms. The smallest absolute Gasteiger partial charge is 0.216 e. The lowest BCUT2D eigenvalue weighted by Crippen LogP contribution is -2.39. The molecule has 0 fully saturated rings. The first-order chi connectivity index (χ1) is 13.8. The van der Waals surface area contributed by atoms with E-state index in [2.05, 4.69) is 44.8 Å². The third-order valence-corrected chi connectivity index (χ3v) is 6.72. The zero-order valence-electron chi connectivity index (χ0n) is 17.6. The van der Waals surface area contributed by atoms with E-state index in [0.29, 0.717) is 18.4 Å². The summed E-state index contributed by atoms with van der Waals surface area (Å²) in [5, 5.41) is 8.75. The van der Waals surface area contributed by atoms with Gasteiger partial charge >= 0.3 is 0 Å². The first-order valence-electron chi connectivity index (χ1n) is 9.82. The van der Waals surface area contributed by atoms with E-state index in [0.717, 1.165) is 24.1 Å². The molecule has 6 nitrogen and oxygen atoms in total. The predicted molar refractivity (Wildman–Crippen MR) is 123 cm³/mol. The zero-order valence-corrected chi connectivity index (χ0v) is 19.2. The largest absolute Gasteiger partial charge is 0.356 e. The van der Waals surface area contributed by atoms with Crippen LogP contribution in [0.2, 0.25) is 0 Å². The van der Waals surface area contributed by atoms with Crippen LogP contribution in [0.1, 0.15) is 36.8 Å². The first kappa shape index (κ1) is 23.4. The molecule has 1 aromatic carbocycles. The Kier molecular flexibility index (Phi) is 9.13. The molecule has 3 N–H and O–H groups in total. The molecule has 1 heterocycles. The summed E-state index contributed by atoms with van der Waals surface area (Å²) >= 11 is 1.78. The van der Waals surface area contributed by atoms with Gasteiger partial charge in [-0.2, -0.15) is 0 Å². The average Bonchev–Trinajstić information content (AvgIpc) is 3.14. The normalized spacial score (nSPS) is 13.5. The predicted octanol–water partition coefficient (Wildman–Crippen LogP) is 3.12. The fourth-order valence-electron chi connectivity index (χ4n) is 2.99. The molecule has 1 atom stereocenters. The van der Waals surface area contributed by atoms with Crippen LogP contribution in [0, 0.1) is 5.92 Å². The maximum atomic E-state index is 12.3. The summed E-state index contributed by atoms with van der Waals surface area (Å²) in [4.78, 5) is 5.66. The topological polar surface area (TPSA) is 82.6 Å². The first-order valence-corrected chi connectivity index (χ1v) is 12.4. The average molecular weight is 437 g/mol. The van der Waals surface area contributed by atoms with Crippen molar-refractivity contribution in [2.24, 2.45) is 10.9 Å². The molecule has 8 heteroatoms. The highest BCUT2D eigenvalue weighted by atomic mass is 32.2. The molecule has 1 aromatic heterocycles. The maximum Gasteiger partial charge on any atom is 0.216 e. The molecule has 160 valence electrons. The van der Waals surface area contributed by atoms with Crippen molar-refractivity contribution in [1.29, 1.82) is 0 Å². The van der Waals surface area contributed by atoms with E-state index >= 15 is 0 Å². The van der Waals surface area contributed by atoms with Crippen molar-refractivity contribution >= 4 is 27.3 Å². The van der Waals surface area contributed by atoms with E-state index in [1.165, 1.54) is 4.88 Å². The molecule has 0 saturated heterocycles. The van der Waals surface area contributed by atoms with Gasteiger partial charge in [0.05, 0.1) is 5.75 Å². The minimum Gasteiger partial charge on any atom is -0.356 e. The Morgan fingerprint density at radius 3 is 2.41 bits per heavy atom. The number of guanidine groups is 1. The van der Waals surface area contributed by atoms with E-state index in [-0.39, 0.29) is 11.8 Å². The molecule has 0 saturated carbocycles. The van der Waals surface area contributed by atoms with Crippen LogP contribution in [0.3, 0.4) is 0 Å². The van der Waals surface area contributed by atoms with Crippen molar-refractivity contribution in [2.45, 2.75) is 45.5 Å². The Morgan fingerprint density at radius 2 is 1.79 bits per heavy atom. The summed E-state index contributed by atoms with van der Waals surface area (Å²) in [5.74, 6) is 1.15. The molecule has 2 rings (SSSR count). The van der Waals surface area contributed by atoms with Crippen molar-refractivity contribution in [1.82, 2.24) is 15.4 Å². The highest BCUT2D eigenvalue weighted by molar-refractivity contribution is 7.88. The molecule has 0 aliphatic heterocycles. The van der Waals surface area contributed by atoms with Crippen LogP contribution in [0.25, 0.3) is 0 Å². The van der Waals surface area contributed by atoms with Crippen molar-refractivity contribution in [2.75, 3.05) is 13.6 Å². The Hall–Kier alpha value is -1.90. The number of hydrogen-bond donors (Lipinski definition) is 3. The maximum absolute atomic E-state index is 12.3. The van der Waals surface area contributed by atoms with Gasteiger partial charge in [0.15, 0.2) is 5.96 Å². The lowest BCUT2D eigenvalue weighted by atomic mass is 10.1. The van der Waals surface area contributed by atoms with Crippen molar-refractivity contribution in [3.8, 4) is 0 Å². The van der Waals surface area contributed by atoms with Gasteiger partial charge in [0.25, 0.3) is 0 Å². The number of benzene rings is 1. The summed E-state index contributed by atoms with van der Waals surface area (Å²) in [7, 11) is -1.63. The van der Waals surface area contributed by atoms with Gasteiger partial charge in [-0.15, -0.1) is 11.3 Å². The van der Waals surface area contributed by atoms with E-state index in [9.17, 15) is 8.42 Å². The standard InChI is InChI=1S/C21H32N4O2S2/c1-16(2)25-29(26,27)15-19-9-6-5-8-18(19)14-24-21(22-4)23-13-17(3)12-20-10-7-11-28-20/h5-11,16-17,25H,12-15H2,1-4H3,(H2,22,23,24). The summed E-state index contributed by atoms with van der Waals surface area (Å²) in [6, 6.07) is 11.7. The van der Waals surface area contributed by atoms with Crippen molar-refractivity contribution in [3.05, 3.63) is 57.8 Å². The van der Waals surface area contributed by atoms with E-state index < -0.39 is 10.0 Å². The van der Waals surface area contributed by atoms with Gasteiger partial charge in [-0.3, -0.25) is 4.99 Å². The minimum atomic E-state index is -3.37. The zero-order chi connectivity index (χ0) is 21.3. The molecular weight excluding hydrogens is 404 g/mol. The minimum absolute atomic E-state index is 0.0348. The number of aliphatic imine (C=N–C) groups is 1. The SMILES string of the molecule is CN=C(NCc1ccccc1CS(=O)(=O)NC(C)C)NCC(C)Cc1cccs1. The summed E-state index contributed by atoms with van der Waals surface area (Å²) < 4.78 is 27.2. The lowest BCUT2D eigenvalue weighted by Gasteiger charge is -2.17. The van der Waals surface area contributed by atoms with E-state index in [4.69, 9.17) is 0 Å².